The minimum atomic E-state index is -0.488. The minimum absolute atomic E-state index is 0.000194. The largest absolute Gasteiger partial charge is 0.483 e. The Morgan fingerprint density at radius 3 is 1.97 bits per heavy atom. The maximum Gasteiger partial charge on any atom is 0.276 e. The van der Waals surface area contributed by atoms with Crippen LogP contribution in [0, 0.1) is 13.8 Å². The third-order valence-corrected chi connectivity index (χ3v) is 5.72. The number of amides is 3. The first kappa shape index (κ1) is 27.9. The number of carbonyl (C=O) groups excluding carboxylic acids is 3. The molecule has 2 rings (SSSR count). The van der Waals surface area contributed by atoms with Crippen molar-refractivity contribution in [3.63, 3.8) is 0 Å². The third-order valence-electron chi connectivity index (χ3n) is 5.72. The van der Waals surface area contributed by atoms with Gasteiger partial charge in [-0.1, -0.05) is 59.7 Å². The molecule has 7 heteroatoms. The Kier molecular flexibility index (Phi) is 9.07. The molecule has 0 saturated heterocycles. The van der Waals surface area contributed by atoms with Gasteiger partial charge in [0.25, 0.3) is 5.91 Å². The summed E-state index contributed by atoms with van der Waals surface area (Å²) >= 11 is 0. The van der Waals surface area contributed by atoms with Crippen LogP contribution in [0.25, 0.3) is 0 Å². The van der Waals surface area contributed by atoms with E-state index in [-0.39, 0.29) is 36.2 Å². The number of hydrazine groups is 1. The fourth-order valence-electron chi connectivity index (χ4n) is 3.36. The molecule has 35 heavy (non-hydrogen) atoms. The Balaban J connectivity index is 1.82. The molecule has 0 saturated carbocycles. The minimum Gasteiger partial charge on any atom is -0.483 e. The van der Waals surface area contributed by atoms with E-state index in [1.807, 2.05) is 44.2 Å². The summed E-state index contributed by atoms with van der Waals surface area (Å²) in [6, 6.07) is 11.7. The number of carbonyl (C=O) groups is 3. The lowest BCUT2D eigenvalue weighted by molar-refractivity contribution is -0.130. The normalized spacial score (nSPS) is 11.5. The SMILES string of the molecule is Cc1ccc(NC(=O)CCC(=O)NNC(=O)COc2ccc(C(C)(C)C)cc2C(C)(C)C)cc1C. The van der Waals surface area contributed by atoms with Crippen molar-refractivity contribution in [3.05, 3.63) is 58.7 Å². The Morgan fingerprint density at radius 1 is 0.743 bits per heavy atom. The van der Waals surface area contributed by atoms with Crippen molar-refractivity contribution >= 4 is 23.4 Å². The van der Waals surface area contributed by atoms with Crippen molar-refractivity contribution in [2.75, 3.05) is 11.9 Å². The quantitative estimate of drug-likeness (QED) is 0.493. The number of hydrogen-bond acceptors (Lipinski definition) is 4. The second-order valence-corrected chi connectivity index (χ2v) is 10.9. The first-order valence-electron chi connectivity index (χ1n) is 11.9. The second-order valence-electron chi connectivity index (χ2n) is 10.9. The molecule has 0 atom stereocenters. The van der Waals surface area contributed by atoms with Gasteiger partial charge in [-0.15, -0.1) is 0 Å². The van der Waals surface area contributed by atoms with E-state index in [1.165, 1.54) is 5.56 Å². The van der Waals surface area contributed by atoms with E-state index in [0.29, 0.717) is 11.4 Å². The molecule has 7 nitrogen and oxygen atoms in total. The summed E-state index contributed by atoms with van der Waals surface area (Å²) in [6.45, 7) is 16.5. The van der Waals surface area contributed by atoms with Crippen molar-refractivity contribution in [2.24, 2.45) is 0 Å². The van der Waals surface area contributed by atoms with Gasteiger partial charge >= 0.3 is 0 Å². The molecule has 0 unspecified atom stereocenters. The van der Waals surface area contributed by atoms with E-state index in [4.69, 9.17) is 4.74 Å². The van der Waals surface area contributed by atoms with Gasteiger partial charge in [0.1, 0.15) is 5.75 Å². The predicted molar refractivity (Wildman–Crippen MR) is 139 cm³/mol. The van der Waals surface area contributed by atoms with Gasteiger partial charge in [0.15, 0.2) is 6.61 Å². The number of ether oxygens (including phenoxy) is 1. The molecule has 0 aliphatic carbocycles. The van der Waals surface area contributed by atoms with Crippen molar-refractivity contribution < 1.29 is 19.1 Å². The Hall–Kier alpha value is -3.35. The summed E-state index contributed by atoms with van der Waals surface area (Å²) < 4.78 is 5.78. The van der Waals surface area contributed by atoms with Crippen LogP contribution in [0.5, 0.6) is 5.75 Å². The average molecular weight is 482 g/mol. The van der Waals surface area contributed by atoms with E-state index in [9.17, 15) is 14.4 Å². The predicted octanol–water partition coefficient (Wildman–Crippen LogP) is 4.84. The van der Waals surface area contributed by atoms with Gasteiger partial charge in [-0.05, 0) is 65.1 Å². The van der Waals surface area contributed by atoms with Gasteiger partial charge < -0.3 is 10.1 Å². The first-order valence-corrected chi connectivity index (χ1v) is 11.9. The fraction of sp³-hybridized carbons (Fsp3) is 0.464. The summed E-state index contributed by atoms with van der Waals surface area (Å²) in [7, 11) is 0. The zero-order valence-electron chi connectivity index (χ0n) is 22.2. The monoisotopic (exact) mass is 481 g/mol. The number of hydrogen-bond donors (Lipinski definition) is 3. The lowest BCUT2D eigenvalue weighted by atomic mass is 9.80. The van der Waals surface area contributed by atoms with E-state index >= 15 is 0 Å². The molecule has 0 fully saturated rings. The van der Waals surface area contributed by atoms with Crippen LogP contribution in [0.3, 0.4) is 0 Å². The van der Waals surface area contributed by atoms with Gasteiger partial charge in [-0.3, -0.25) is 25.2 Å². The van der Waals surface area contributed by atoms with Crippen LogP contribution in [0.4, 0.5) is 5.69 Å². The van der Waals surface area contributed by atoms with Crippen LogP contribution in [-0.2, 0) is 25.2 Å². The lowest BCUT2D eigenvalue weighted by Crippen LogP contribution is -2.44. The second kappa shape index (κ2) is 11.4. The Morgan fingerprint density at radius 2 is 1.37 bits per heavy atom. The smallest absolute Gasteiger partial charge is 0.276 e. The van der Waals surface area contributed by atoms with Crippen molar-refractivity contribution in [1.82, 2.24) is 10.9 Å². The van der Waals surface area contributed by atoms with Crippen molar-refractivity contribution in [1.29, 1.82) is 0 Å². The zero-order valence-corrected chi connectivity index (χ0v) is 22.2. The fourth-order valence-corrected chi connectivity index (χ4v) is 3.36. The molecule has 190 valence electrons. The zero-order chi connectivity index (χ0) is 26.4. The highest BCUT2D eigenvalue weighted by atomic mass is 16.5. The van der Waals surface area contributed by atoms with Gasteiger partial charge in [0, 0.05) is 18.5 Å². The van der Waals surface area contributed by atoms with E-state index in [0.717, 1.165) is 16.7 Å². The highest BCUT2D eigenvalue weighted by Crippen LogP contribution is 2.35. The Bertz CT molecular complexity index is 1080. The molecule has 0 radical (unpaired) electrons. The van der Waals surface area contributed by atoms with E-state index < -0.39 is 11.8 Å². The highest BCUT2D eigenvalue weighted by Gasteiger charge is 2.23. The maximum atomic E-state index is 12.2. The molecular weight excluding hydrogens is 442 g/mol. The van der Waals surface area contributed by atoms with Gasteiger partial charge in [0.05, 0.1) is 0 Å². The van der Waals surface area contributed by atoms with Crippen molar-refractivity contribution in [2.45, 2.75) is 79.1 Å². The summed E-state index contributed by atoms with van der Waals surface area (Å²) in [4.78, 5) is 36.4. The molecule has 2 aromatic rings. The van der Waals surface area contributed by atoms with Gasteiger partial charge in [-0.25, -0.2) is 0 Å². The van der Waals surface area contributed by atoms with Crippen LogP contribution >= 0.6 is 0 Å². The van der Waals surface area contributed by atoms with Crippen LogP contribution in [-0.4, -0.2) is 24.3 Å². The number of rotatable bonds is 7. The maximum absolute atomic E-state index is 12.2. The molecule has 0 aliphatic rings. The first-order chi connectivity index (χ1) is 16.2. The molecular formula is C28H39N3O4. The molecule has 0 spiro atoms. The van der Waals surface area contributed by atoms with Gasteiger partial charge in [0.2, 0.25) is 11.8 Å². The number of anilines is 1. The third kappa shape index (κ3) is 8.74. The molecule has 0 heterocycles. The molecule has 2 aromatic carbocycles. The van der Waals surface area contributed by atoms with Crippen LogP contribution in [0.15, 0.2) is 36.4 Å². The number of nitrogens with one attached hydrogen (secondary N) is 3. The standard InChI is InChI=1S/C28H39N3O4/c1-18-9-11-21(15-19(18)2)29-24(32)13-14-25(33)30-31-26(34)17-35-23-12-10-20(27(3,4)5)16-22(23)28(6,7)8/h9-12,15-16H,13-14,17H2,1-8H3,(H,29,32)(H,30,33)(H,31,34). The van der Waals surface area contributed by atoms with E-state index in [1.54, 1.807) is 0 Å². The summed E-state index contributed by atoms with van der Waals surface area (Å²) in [5.74, 6) is -0.586. The van der Waals surface area contributed by atoms with Crippen LogP contribution in [0.1, 0.15) is 76.6 Å². The molecule has 0 bridgehead atoms. The van der Waals surface area contributed by atoms with Crippen molar-refractivity contribution in [3.8, 4) is 5.75 Å². The number of aryl methyl sites for hydroxylation is 2. The highest BCUT2D eigenvalue weighted by molar-refractivity contribution is 5.93. The molecule has 0 aromatic heterocycles. The summed E-state index contributed by atoms with van der Waals surface area (Å²) in [6.07, 6.45) is -0.0551. The molecule has 3 N–H and O–H groups in total. The number of benzene rings is 2. The van der Waals surface area contributed by atoms with Gasteiger partial charge in [-0.2, -0.15) is 0 Å². The van der Waals surface area contributed by atoms with E-state index in [2.05, 4.69) is 63.8 Å². The van der Waals surface area contributed by atoms with Crippen LogP contribution < -0.4 is 20.9 Å². The summed E-state index contributed by atoms with van der Waals surface area (Å²) in [5.41, 5.74) is 9.60. The topological polar surface area (TPSA) is 96.5 Å². The molecule has 3 amide bonds. The average Bonchev–Trinajstić information content (AvgIpc) is 2.76. The summed E-state index contributed by atoms with van der Waals surface area (Å²) in [5, 5.41) is 2.77. The molecule has 0 aliphatic heterocycles. The Labute approximate surface area is 209 Å². The van der Waals surface area contributed by atoms with Crippen LogP contribution in [0.2, 0.25) is 0 Å². The lowest BCUT2D eigenvalue weighted by Gasteiger charge is -2.27.